The zero-order valence-electron chi connectivity index (χ0n) is 12.1. The lowest BCUT2D eigenvalue weighted by molar-refractivity contribution is 0.0785. The largest absolute Gasteiger partial charge is 0.337 e. The van der Waals surface area contributed by atoms with Crippen LogP contribution in [0.3, 0.4) is 0 Å². The molecule has 21 heavy (non-hydrogen) atoms. The summed E-state index contributed by atoms with van der Waals surface area (Å²) in [4.78, 5) is 13.9. The number of amides is 1. The van der Waals surface area contributed by atoms with Gasteiger partial charge < -0.3 is 4.90 Å². The van der Waals surface area contributed by atoms with Crippen molar-refractivity contribution < 1.29 is 9.18 Å². The summed E-state index contributed by atoms with van der Waals surface area (Å²) in [7, 11) is 1.74. The predicted molar refractivity (Wildman–Crippen MR) is 85.7 cm³/mol. The van der Waals surface area contributed by atoms with E-state index in [1.165, 1.54) is 23.8 Å². The summed E-state index contributed by atoms with van der Waals surface area (Å²) in [6.07, 6.45) is 0.999. The van der Waals surface area contributed by atoms with Gasteiger partial charge in [0.25, 0.3) is 5.91 Å². The molecule has 4 heteroatoms. The van der Waals surface area contributed by atoms with Gasteiger partial charge in [0.05, 0.1) is 4.47 Å². The number of hydrogen-bond acceptors (Lipinski definition) is 1. The first-order valence-corrected chi connectivity index (χ1v) is 7.59. The molecule has 0 fully saturated rings. The van der Waals surface area contributed by atoms with Crippen LogP contribution in [0.4, 0.5) is 4.39 Å². The van der Waals surface area contributed by atoms with E-state index in [2.05, 4.69) is 35.0 Å². The van der Waals surface area contributed by atoms with E-state index in [1.807, 2.05) is 12.1 Å². The lowest BCUT2D eigenvalue weighted by Gasteiger charge is -2.18. The highest BCUT2D eigenvalue weighted by molar-refractivity contribution is 9.10. The maximum absolute atomic E-state index is 13.2. The van der Waals surface area contributed by atoms with Gasteiger partial charge in [-0.3, -0.25) is 4.79 Å². The number of halogens is 2. The second-order valence-corrected chi connectivity index (χ2v) is 5.81. The summed E-state index contributed by atoms with van der Waals surface area (Å²) in [5.74, 6) is -0.500. The van der Waals surface area contributed by atoms with E-state index in [-0.39, 0.29) is 11.7 Å². The van der Waals surface area contributed by atoms with Crippen molar-refractivity contribution in [3.05, 3.63) is 69.4 Å². The number of carbonyl (C=O) groups is 1. The Balaban J connectivity index is 2.09. The highest BCUT2D eigenvalue weighted by Crippen LogP contribution is 2.18. The second-order valence-electron chi connectivity index (χ2n) is 4.96. The number of rotatable bonds is 4. The first-order valence-electron chi connectivity index (χ1n) is 6.79. The Kier molecular flexibility index (Phi) is 5.12. The first kappa shape index (κ1) is 15.7. The van der Waals surface area contributed by atoms with Gasteiger partial charge in [0.1, 0.15) is 5.82 Å². The molecule has 0 bridgehead atoms. The molecular formula is C17H17BrFNO. The SMILES string of the molecule is CCc1ccc(CN(C)C(=O)c2ccc(F)c(Br)c2)cc1. The van der Waals surface area contributed by atoms with Gasteiger partial charge >= 0.3 is 0 Å². The minimum absolute atomic E-state index is 0.129. The summed E-state index contributed by atoms with van der Waals surface area (Å²) in [6.45, 7) is 2.63. The van der Waals surface area contributed by atoms with E-state index in [0.29, 0.717) is 16.6 Å². The maximum atomic E-state index is 13.2. The molecule has 0 N–H and O–H groups in total. The molecule has 2 aromatic rings. The summed E-state index contributed by atoms with van der Waals surface area (Å²) < 4.78 is 13.5. The molecule has 0 aliphatic heterocycles. The average molecular weight is 350 g/mol. The molecule has 2 rings (SSSR count). The third-order valence-corrected chi connectivity index (χ3v) is 3.97. The molecule has 1 amide bonds. The van der Waals surface area contributed by atoms with Gasteiger partial charge in [0, 0.05) is 19.2 Å². The molecule has 0 atom stereocenters. The van der Waals surface area contributed by atoms with E-state index in [0.717, 1.165) is 12.0 Å². The predicted octanol–water partition coefficient (Wildman–Crippen LogP) is 4.42. The van der Waals surface area contributed by atoms with Crippen molar-refractivity contribution in [1.82, 2.24) is 4.90 Å². The van der Waals surface area contributed by atoms with Crippen molar-refractivity contribution in [2.24, 2.45) is 0 Å². The molecule has 2 nitrogen and oxygen atoms in total. The summed E-state index contributed by atoms with van der Waals surface area (Å²) in [5.41, 5.74) is 2.82. The zero-order valence-corrected chi connectivity index (χ0v) is 13.7. The van der Waals surface area contributed by atoms with E-state index >= 15 is 0 Å². The van der Waals surface area contributed by atoms with Gasteiger partial charge in [-0.05, 0) is 51.7 Å². The summed E-state index contributed by atoms with van der Waals surface area (Å²) in [6, 6.07) is 12.5. The molecule has 0 radical (unpaired) electrons. The van der Waals surface area contributed by atoms with Crippen LogP contribution in [0.1, 0.15) is 28.4 Å². The number of hydrogen-bond donors (Lipinski definition) is 0. The molecule has 110 valence electrons. The Labute approximate surface area is 132 Å². The number of benzene rings is 2. The summed E-state index contributed by atoms with van der Waals surface area (Å²) in [5, 5.41) is 0. The molecule has 0 saturated carbocycles. The average Bonchev–Trinajstić information content (AvgIpc) is 2.50. The molecule has 0 heterocycles. The first-order chi connectivity index (χ1) is 10.0. The highest BCUT2D eigenvalue weighted by atomic mass is 79.9. The van der Waals surface area contributed by atoms with E-state index in [4.69, 9.17) is 0 Å². The summed E-state index contributed by atoms with van der Waals surface area (Å²) >= 11 is 3.10. The van der Waals surface area contributed by atoms with Gasteiger partial charge in [-0.1, -0.05) is 31.2 Å². The van der Waals surface area contributed by atoms with Gasteiger partial charge in [-0.25, -0.2) is 4.39 Å². The van der Waals surface area contributed by atoms with E-state index in [1.54, 1.807) is 11.9 Å². The highest BCUT2D eigenvalue weighted by Gasteiger charge is 2.13. The zero-order chi connectivity index (χ0) is 15.4. The number of carbonyl (C=O) groups excluding carboxylic acids is 1. The van der Waals surface area contributed by atoms with Crippen molar-refractivity contribution in [3.8, 4) is 0 Å². The van der Waals surface area contributed by atoms with Crippen molar-refractivity contribution in [2.45, 2.75) is 19.9 Å². The van der Waals surface area contributed by atoms with Crippen LogP contribution in [0, 0.1) is 5.82 Å². The van der Waals surface area contributed by atoms with Crippen LogP contribution >= 0.6 is 15.9 Å². The Morgan fingerprint density at radius 2 is 1.76 bits per heavy atom. The van der Waals surface area contributed by atoms with Crippen molar-refractivity contribution in [2.75, 3.05) is 7.05 Å². The van der Waals surface area contributed by atoms with Crippen LogP contribution in [0.2, 0.25) is 0 Å². The van der Waals surface area contributed by atoms with Crippen LogP contribution in [0.5, 0.6) is 0 Å². The maximum Gasteiger partial charge on any atom is 0.253 e. The Bertz CT molecular complexity index is 640. The van der Waals surface area contributed by atoms with Gasteiger partial charge in [0.15, 0.2) is 0 Å². The van der Waals surface area contributed by atoms with Gasteiger partial charge in [-0.2, -0.15) is 0 Å². The van der Waals surface area contributed by atoms with Crippen LogP contribution in [-0.4, -0.2) is 17.9 Å². The van der Waals surface area contributed by atoms with E-state index < -0.39 is 0 Å². The van der Waals surface area contributed by atoms with Crippen LogP contribution in [0.15, 0.2) is 46.9 Å². The lowest BCUT2D eigenvalue weighted by atomic mass is 10.1. The topological polar surface area (TPSA) is 20.3 Å². The Morgan fingerprint density at radius 1 is 1.14 bits per heavy atom. The molecule has 0 unspecified atom stereocenters. The second kappa shape index (κ2) is 6.85. The van der Waals surface area contributed by atoms with Gasteiger partial charge in [-0.15, -0.1) is 0 Å². The van der Waals surface area contributed by atoms with Crippen molar-refractivity contribution in [3.63, 3.8) is 0 Å². The van der Waals surface area contributed by atoms with Crippen LogP contribution < -0.4 is 0 Å². The fraction of sp³-hybridized carbons (Fsp3) is 0.235. The van der Waals surface area contributed by atoms with Crippen LogP contribution in [-0.2, 0) is 13.0 Å². The molecule has 2 aromatic carbocycles. The third-order valence-electron chi connectivity index (χ3n) is 3.36. The van der Waals surface area contributed by atoms with Gasteiger partial charge in [0.2, 0.25) is 0 Å². The van der Waals surface area contributed by atoms with Crippen LogP contribution in [0.25, 0.3) is 0 Å². The molecule has 0 aliphatic carbocycles. The Hall–Kier alpha value is -1.68. The fourth-order valence-corrected chi connectivity index (χ4v) is 2.45. The minimum Gasteiger partial charge on any atom is -0.337 e. The quantitative estimate of drug-likeness (QED) is 0.799. The smallest absolute Gasteiger partial charge is 0.253 e. The molecular weight excluding hydrogens is 333 g/mol. The minimum atomic E-state index is -0.371. The fourth-order valence-electron chi connectivity index (χ4n) is 2.08. The molecule has 0 aromatic heterocycles. The standard InChI is InChI=1S/C17H17BrFNO/c1-3-12-4-6-13(7-5-12)11-20(2)17(21)14-8-9-16(19)15(18)10-14/h4-10H,3,11H2,1-2H3. The normalized spacial score (nSPS) is 10.5. The van der Waals surface area contributed by atoms with Crippen molar-refractivity contribution >= 4 is 21.8 Å². The number of nitrogens with zero attached hydrogens (tertiary/aromatic N) is 1. The molecule has 0 aliphatic rings. The molecule has 0 spiro atoms. The van der Waals surface area contributed by atoms with E-state index in [9.17, 15) is 9.18 Å². The number of aryl methyl sites for hydroxylation is 1. The monoisotopic (exact) mass is 349 g/mol. The lowest BCUT2D eigenvalue weighted by Crippen LogP contribution is -2.26. The Morgan fingerprint density at radius 3 is 2.33 bits per heavy atom. The molecule has 0 saturated heterocycles. The van der Waals surface area contributed by atoms with Crippen molar-refractivity contribution in [1.29, 1.82) is 0 Å². The third kappa shape index (κ3) is 3.91.